The van der Waals surface area contributed by atoms with Gasteiger partial charge in [0, 0.05) is 0 Å². The third-order valence-corrected chi connectivity index (χ3v) is 21.3. The third kappa shape index (κ3) is 58.3. The van der Waals surface area contributed by atoms with Gasteiger partial charge in [0.25, 0.3) is 0 Å². The maximum atomic E-state index is 9.59. The molecule has 0 N–H and O–H groups in total. The van der Waals surface area contributed by atoms with Crippen molar-refractivity contribution in [3.05, 3.63) is 99.6 Å². The molecular formula is C90H160N2Ni. The van der Waals surface area contributed by atoms with Gasteiger partial charge >= 0.3 is 172 Å². The van der Waals surface area contributed by atoms with E-state index >= 15 is 0 Å². The zero-order chi connectivity index (χ0) is 66.9. The van der Waals surface area contributed by atoms with Crippen LogP contribution in [-0.4, -0.2) is 10.7 Å². The van der Waals surface area contributed by atoms with Gasteiger partial charge in [-0.1, -0.05) is 326 Å². The average molecular weight is 1330 g/mol. The number of nitrogens with zero attached hydrogens (tertiary/aromatic N) is 2. The molecule has 0 radical (unpaired) electrons. The molecule has 0 aliphatic heterocycles. The van der Waals surface area contributed by atoms with Crippen molar-refractivity contribution in [2.75, 3.05) is 0 Å². The summed E-state index contributed by atoms with van der Waals surface area (Å²) >= 11 is 2.05. The van der Waals surface area contributed by atoms with Crippen molar-refractivity contribution >= 4 is 11.4 Å². The number of rotatable bonds is 70. The summed E-state index contributed by atoms with van der Waals surface area (Å²) in [4.78, 5) is 3.42. The molecule has 0 unspecified atom stereocenters. The minimum Gasteiger partial charge on any atom is -0.0654 e. The molecule has 0 aliphatic carbocycles. The first kappa shape index (κ1) is 88.6. The fraction of sp³-hybridized carbons (Fsp3) is 0.800. The molecule has 93 heavy (non-hydrogen) atoms. The fourth-order valence-corrected chi connectivity index (χ4v) is 15.0. The summed E-state index contributed by atoms with van der Waals surface area (Å²) in [6.45, 7) is 13.5. The van der Waals surface area contributed by atoms with Gasteiger partial charge in [0.2, 0.25) is 0 Å². The molecule has 0 fully saturated rings. The summed E-state index contributed by atoms with van der Waals surface area (Å²) in [5.41, 5.74) is 18.4. The molecule has 0 aliphatic rings. The van der Waals surface area contributed by atoms with Crippen molar-refractivity contribution in [2.24, 2.45) is 0 Å². The standard InChI is InChI=1S/C34H46N2.2C28H57.Ni/c1-5-8-11-13-15-20-29-21-16-17-25-32(29)34(30-23-18-19-28(4)26-30)33(24-10-7-3)31(27-36-35)22-14-12-9-6-2;2*1-3-5-7-9-11-13-15-17-19-21-23-25-27-28-26-24-22-20-18-16-14-12-10-8-6-4-2;/h11,13,16-19,21,23,25-26H,5-10,12,14-15,20,22,24H2,1-4H3;2*1,3-28H2,2H3;. The van der Waals surface area contributed by atoms with Crippen LogP contribution >= 0.6 is 0 Å². The maximum absolute atomic E-state index is 9.59. The van der Waals surface area contributed by atoms with Gasteiger partial charge in [-0.2, -0.15) is 0 Å². The van der Waals surface area contributed by atoms with Gasteiger partial charge in [0.05, 0.1) is 5.57 Å². The van der Waals surface area contributed by atoms with Gasteiger partial charge in [0.1, 0.15) is 0 Å². The van der Waals surface area contributed by atoms with Crippen LogP contribution in [0.4, 0.5) is 0 Å². The molecule has 2 aromatic carbocycles. The quantitative estimate of drug-likeness (QED) is 0.0120. The topological polar surface area (TPSA) is 36.4 Å². The van der Waals surface area contributed by atoms with E-state index in [-0.39, 0.29) is 0 Å². The predicted molar refractivity (Wildman–Crippen MR) is 417 cm³/mol. The second-order valence-corrected chi connectivity index (χ2v) is 30.4. The smallest absolute Gasteiger partial charge is 0.0654 e. The van der Waals surface area contributed by atoms with Crippen LogP contribution in [0.15, 0.2) is 71.8 Å². The number of unbranched alkanes of at least 4 members (excludes halogenated alkanes) is 55. The van der Waals surface area contributed by atoms with Crippen molar-refractivity contribution < 1.29 is 19.2 Å². The van der Waals surface area contributed by atoms with E-state index in [1.165, 1.54) is 404 Å². The van der Waals surface area contributed by atoms with Crippen LogP contribution in [0.1, 0.15) is 461 Å². The molecule has 0 heterocycles. The van der Waals surface area contributed by atoms with Crippen LogP contribution in [0.2, 0.25) is 10.8 Å². The Labute approximate surface area is 589 Å². The Morgan fingerprint density at radius 3 is 1.03 bits per heavy atom. The monoisotopic (exact) mass is 1330 g/mol. The Hall–Kier alpha value is -2.43. The van der Waals surface area contributed by atoms with Crippen LogP contribution in [0.25, 0.3) is 11.1 Å². The van der Waals surface area contributed by atoms with Gasteiger partial charge in [-0.3, -0.25) is 0 Å². The normalized spacial score (nSPS) is 11.8. The summed E-state index contributed by atoms with van der Waals surface area (Å²) in [5, 5.41) is 2.87. The van der Waals surface area contributed by atoms with E-state index in [2.05, 4.69) is 127 Å². The summed E-state index contributed by atoms with van der Waals surface area (Å²) in [6, 6.07) is 17.7. The van der Waals surface area contributed by atoms with Crippen molar-refractivity contribution in [1.82, 2.24) is 0 Å². The first-order valence-corrected chi connectivity index (χ1v) is 43.4. The number of benzene rings is 2. The Kier molecular flexibility index (Phi) is 70.3. The second kappa shape index (κ2) is 73.8. The van der Waals surface area contributed by atoms with E-state index < -0.39 is 0 Å². The molecule has 0 spiro atoms. The molecule has 0 saturated carbocycles. The minimum absolute atomic E-state index is 0.889. The first-order valence-electron chi connectivity index (χ1n) is 42.0. The average Bonchev–Trinajstić information content (AvgIpc) is 0.863. The van der Waals surface area contributed by atoms with Gasteiger partial charge in [-0.25, -0.2) is 0 Å². The van der Waals surface area contributed by atoms with E-state index in [0.29, 0.717) is 0 Å². The third-order valence-electron chi connectivity index (χ3n) is 19.9. The zero-order valence-electron chi connectivity index (χ0n) is 63.7. The Morgan fingerprint density at radius 1 is 0.355 bits per heavy atom. The second-order valence-electron chi connectivity index (χ2n) is 28.9. The summed E-state index contributed by atoms with van der Waals surface area (Å²) in [6.07, 6.45) is 95.0. The molecule has 0 atom stereocenters. The number of aryl methyl sites for hydroxylation is 2. The molecule has 0 saturated heterocycles. The molecule has 2 rings (SSSR count). The molecular weight excluding hydrogens is 1170 g/mol. The minimum atomic E-state index is 0.889. The van der Waals surface area contributed by atoms with Crippen molar-refractivity contribution in [3.8, 4) is 0 Å². The van der Waals surface area contributed by atoms with Crippen LogP contribution in [0.3, 0.4) is 0 Å². The van der Waals surface area contributed by atoms with Crippen molar-refractivity contribution in [2.45, 2.75) is 463 Å². The Bertz CT molecular complexity index is 1940. The molecule has 0 bridgehead atoms. The molecule has 2 nitrogen and oxygen atoms in total. The van der Waals surface area contributed by atoms with E-state index in [1.807, 2.05) is 0 Å². The van der Waals surface area contributed by atoms with Crippen LogP contribution < -0.4 is 0 Å². The number of allylic oxidation sites excluding steroid dienone is 4. The molecule has 540 valence electrons. The summed E-state index contributed by atoms with van der Waals surface area (Å²) in [5.74, 6) is 3.02. The molecule has 3 heteroatoms. The molecule has 0 aromatic heterocycles. The van der Waals surface area contributed by atoms with Crippen LogP contribution in [0.5, 0.6) is 0 Å². The van der Waals surface area contributed by atoms with Gasteiger partial charge in [-0.15, -0.1) is 4.79 Å². The van der Waals surface area contributed by atoms with E-state index in [0.717, 1.165) is 56.9 Å². The van der Waals surface area contributed by atoms with Gasteiger partial charge in [0.15, 0.2) is 0 Å². The molecule has 0 amide bonds. The van der Waals surface area contributed by atoms with E-state index in [9.17, 15) is 5.53 Å². The van der Waals surface area contributed by atoms with Gasteiger partial charge in [-0.05, 0) is 79.7 Å². The fourth-order valence-electron chi connectivity index (χ4n) is 13.8. The summed E-state index contributed by atoms with van der Waals surface area (Å²) < 4.78 is 0. The Balaban J connectivity index is 0.00000103. The first-order chi connectivity index (χ1) is 46.1. The molecule has 2 aromatic rings. The van der Waals surface area contributed by atoms with Crippen molar-refractivity contribution in [3.63, 3.8) is 0 Å². The van der Waals surface area contributed by atoms with Crippen LogP contribution in [-0.2, 0) is 20.9 Å². The van der Waals surface area contributed by atoms with Gasteiger partial charge < -0.3 is 5.53 Å². The van der Waals surface area contributed by atoms with Crippen molar-refractivity contribution in [1.29, 1.82) is 0 Å². The number of hydrogen-bond acceptors (Lipinski definition) is 0. The zero-order valence-corrected chi connectivity index (χ0v) is 64.6. The Morgan fingerprint density at radius 2 is 0.688 bits per heavy atom. The van der Waals surface area contributed by atoms with E-state index in [1.54, 1.807) is 0 Å². The predicted octanol–water partition coefficient (Wildman–Crippen LogP) is 32.3. The van der Waals surface area contributed by atoms with Crippen LogP contribution in [0, 0.1) is 6.92 Å². The number of hydrogen-bond donors (Lipinski definition) is 0. The SMILES string of the molecule is CCCC=CCCc1ccccc1C(=C(CCCC)C(=C=[N+]=[N-])CCCCCC)c1cccc(C)c1.CCCCCCCCCCCCCCCCCCCCCCCCCCC[CH2][Ni][CH2]CCCCCCCCCCCCCCCCCCCCCCCCCCC. The van der Waals surface area contributed by atoms with E-state index in [4.69, 9.17) is 0 Å². The summed E-state index contributed by atoms with van der Waals surface area (Å²) in [7, 11) is 0.